The van der Waals surface area contributed by atoms with Crippen molar-refractivity contribution in [1.82, 2.24) is 30.2 Å². The van der Waals surface area contributed by atoms with Crippen molar-refractivity contribution in [2.24, 2.45) is 0 Å². The van der Waals surface area contributed by atoms with Crippen molar-refractivity contribution >= 4 is 0 Å². The van der Waals surface area contributed by atoms with Gasteiger partial charge in [-0.15, -0.1) is 0 Å². The summed E-state index contributed by atoms with van der Waals surface area (Å²) < 4.78 is 0. The molecule has 4 aromatic carbocycles. The molecular formula is C45H36N6. The zero-order valence-corrected chi connectivity index (χ0v) is 28.5. The van der Waals surface area contributed by atoms with Crippen LogP contribution in [-0.4, -0.2) is 24.9 Å². The lowest BCUT2D eigenvalue weighted by molar-refractivity contribution is 0.641. The van der Waals surface area contributed by atoms with Crippen molar-refractivity contribution < 1.29 is 0 Å². The largest absolute Gasteiger partial charge is 0.379 e. The summed E-state index contributed by atoms with van der Waals surface area (Å²) in [5.74, 6) is 1.39. The van der Waals surface area contributed by atoms with Crippen molar-refractivity contribution in [1.29, 1.82) is 0 Å². The quantitative estimate of drug-likeness (QED) is 0.175. The molecule has 0 saturated heterocycles. The first-order chi connectivity index (χ1) is 25.0. The van der Waals surface area contributed by atoms with Crippen LogP contribution < -0.4 is 5.32 Å². The minimum absolute atomic E-state index is 0.0192. The fourth-order valence-electron chi connectivity index (χ4n) is 6.36. The average Bonchev–Trinajstić information content (AvgIpc) is 3.22. The Hall–Kier alpha value is -6.53. The fraction of sp³-hybridized carbons (Fsp3) is 0.0889. The van der Waals surface area contributed by atoms with E-state index in [0.29, 0.717) is 11.6 Å². The lowest BCUT2D eigenvalue weighted by Crippen LogP contribution is -2.18. The summed E-state index contributed by atoms with van der Waals surface area (Å²) in [6.07, 6.45) is 9.89. The third kappa shape index (κ3) is 6.72. The number of hydrogen-bond donors (Lipinski definition) is 1. The Labute approximate surface area is 298 Å². The lowest BCUT2D eigenvalue weighted by Gasteiger charge is -2.26. The molecule has 6 heteroatoms. The van der Waals surface area contributed by atoms with Gasteiger partial charge in [0.2, 0.25) is 0 Å². The van der Waals surface area contributed by atoms with Crippen molar-refractivity contribution in [3.05, 3.63) is 187 Å². The summed E-state index contributed by atoms with van der Waals surface area (Å²) >= 11 is 0. The van der Waals surface area contributed by atoms with Crippen LogP contribution in [0.15, 0.2) is 170 Å². The monoisotopic (exact) mass is 660 g/mol. The second-order valence-electron chi connectivity index (χ2n) is 13.1. The fourth-order valence-corrected chi connectivity index (χ4v) is 6.36. The van der Waals surface area contributed by atoms with E-state index in [4.69, 9.17) is 19.9 Å². The molecule has 0 bridgehead atoms. The first-order valence-corrected chi connectivity index (χ1v) is 17.1. The number of benzene rings is 4. The second kappa shape index (κ2) is 13.8. The van der Waals surface area contributed by atoms with E-state index in [0.717, 1.165) is 50.7 Å². The molecule has 6 nitrogen and oxygen atoms in total. The first-order valence-electron chi connectivity index (χ1n) is 17.1. The van der Waals surface area contributed by atoms with Crippen LogP contribution >= 0.6 is 0 Å². The molecule has 0 spiro atoms. The molecule has 1 aliphatic rings. The number of nitrogens with zero attached hydrogens (tertiary/aromatic N) is 5. The highest BCUT2D eigenvalue weighted by molar-refractivity contribution is 5.71. The van der Waals surface area contributed by atoms with Gasteiger partial charge in [-0.25, -0.2) is 19.9 Å². The van der Waals surface area contributed by atoms with E-state index in [-0.39, 0.29) is 11.5 Å². The van der Waals surface area contributed by atoms with Gasteiger partial charge < -0.3 is 5.32 Å². The molecule has 0 saturated carbocycles. The minimum atomic E-state index is -0.244. The summed E-state index contributed by atoms with van der Waals surface area (Å²) in [5, 5.41) is 3.41. The number of allylic oxidation sites excluding steroid dienone is 2. The molecule has 4 heterocycles. The van der Waals surface area contributed by atoms with Crippen molar-refractivity contribution in [3.63, 3.8) is 0 Å². The van der Waals surface area contributed by atoms with Crippen LogP contribution in [0.2, 0.25) is 0 Å². The molecule has 3 aromatic heterocycles. The van der Waals surface area contributed by atoms with Gasteiger partial charge in [0.15, 0.2) is 11.6 Å². The number of dihydropyridines is 1. The number of hydrogen-bond acceptors (Lipinski definition) is 6. The summed E-state index contributed by atoms with van der Waals surface area (Å²) in [7, 11) is 0. The van der Waals surface area contributed by atoms with Crippen molar-refractivity contribution in [2.45, 2.75) is 25.3 Å². The van der Waals surface area contributed by atoms with E-state index < -0.39 is 0 Å². The third-order valence-corrected chi connectivity index (χ3v) is 9.37. The van der Waals surface area contributed by atoms with Gasteiger partial charge in [-0.3, -0.25) is 4.98 Å². The molecule has 7 aromatic rings. The van der Waals surface area contributed by atoms with Crippen LogP contribution in [0.25, 0.3) is 56.7 Å². The summed E-state index contributed by atoms with van der Waals surface area (Å²) in [4.78, 5) is 24.4. The normalized spacial score (nSPS) is 13.9. The van der Waals surface area contributed by atoms with Crippen LogP contribution in [0.1, 0.15) is 36.7 Å². The summed E-state index contributed by atoms with van der Waals surface area (Å²) in [6.45, 7) is 4.53. The Kier molecular flexibility index (Phi) is 8.56. The summed E-state index contributed by atoms with van der Waals surface area (Å²) in [5.41, 5.74) is 10.5. The predicted molar refractivity (Wildman–Crippen MR) is 205 cm³/mol. The summed E-state index contributed by atoms with van der Waals surface area (Å²) in [6, 6.07) is 47.7. The average molecular weight is 661 g/mol. The zero-order chi connectivity index (χ0) is 34.6. The van der Waals surface area contributed by atoms with Crippen LogP contribution in [0.5, 0.6) is 0 Å². The van der Waals surface area contributed by atoms with Gasteiger partial charge in [0.25, 0.3) is 0 Å². The lowest BCUT2D eigenvalue weighted by atomic mass is 9.77. The third-order valence-electron chi connectivity index (χ3n) is 9.37. The zero-order valence-electron chi connectivity index (χ0n) is 28.5. The van der Waals surface area contributed by atoms with Gasteiger partial charge in [0, 0.05) is 33.9 Å². The van der Waals surface area contributed by atoms with E-state index in [1.54, 1.807) is 6.20 Å². The van der Waals surface area contributed by atoms with Gasteiger partial charge >= 0.3 is 0 Å². The molecule has 1 atom stereocenters. The molecule has 1 N–H and O–H groups in total. The topological polar surface area (TPSA) is 76.5 Å². The molecule has 0 fully saturated rings. The van der Waals surface area contributed by atoms with Crippen molar-refractivity contribution in [2.75, 3.05) is 0 Å². The van der Waals surface area contributed by atoms with Crippen LogP contribution in [-0.2, 0) is 5.41 Å². The molecule has 246 valence electrons. The highest BCUT2D eigenvalue weighted by Crippen LogP contribution is 2.35. The molecule has 8 rings (SSSR count). The number of aromatic nitrogens is 5. The SMILES string of the molecule is CC(C)(c1ccc(-c2cc(-c3ccccn3)nc(-c3ccccc3)n2)cc1)c1ccc(-c2cc(C3C=CC=CN3)nc(-c3ccccc3)n2)cc1. The Morgan fingerprint density at radius 3 is 1.59 bits per heavy atom. The Balaban J connectivity index is 1.09. The van der Waals surface area contributed by atoms with Crippen LogP contribution in [0, 0.1) is 0 Å². The predicted octanol–water partition coefficient (Wildman–Crippen LogP) is 10.0. The molecule has 0 amide bonds. The molecule has 0 radical (unpaired) electrons. The smallest absolute Gasteiger partial charge is 0.160 e. The second-order valence-corrected chi connectivity index (χ2v) is 13.1. The van der Waals surface area contributed by atoms with E-state index in [2.05, 4.69) is 97.0 Å². The first kappa shape index (κ1) is 31.7. The van der Waals surface area contributed by atoms with E-state index in [1.165, 1.54) is 11.1 Å². The molecule has 1 aliphatic heterocycles. The molecular weight excluding hydrogens is 625 g/mol. The maximum Gasteiger partial charge on any atom is 0.160 e. The van der Waals surface area contributed by atoms with Gasteiger partial charge in [-0.1, -0.05) is 141 Å². The molecule has 1 unspecified atom stereocenters. The maximum atomic E-state index is 5.01. The standard InChI is InChI=1S/C45H36N6/c1-45(2,35-23-19-31(20-24-35)39-29-41(37-17-9-11-27-46-37)50-43(48-39)33-13-5-3-6-14-33)36-25-21-32(22-26-36)40-30-42(38-18-10-12-28-47-38)51-44(49-40)34-15-7-4-8-16-34/h3-30,37,46H,1-2H3. The molecule has 51 heavy (non-hydrogen) atoms. The van der Waals surface area contributed by atoms with E-state index in [9.17, 15) is 0 Å². The van der Waals surface area contributed by atoms with Gasteiger partial charge in [0.1, 0.15) is 0 Å². The highest BCUT2D eigenvalue weighted by atomic mass is 15.0. The van der Waals surface area contributed by atoms with Gasteiger partial charge in [-0.2, -0.15) is 0 Å². The number of pyridine rings is 1. The number of rotatable bonds is 8. The van der Waals surface area contributed by atoms with Gasteiger partial charge in [0.05, 0.1) is 34.5 Å². The van der Waals surface area contributed by atoms with Crippen molar-refractivity contribution in [3.8, 4) is 56.7 Å². The Morgan fingerprint density at radius 2 is 1.04 bits per heavy atom. The Bertz CT molecular complexity index is 2270. The van der Waals surface area contributed by atoms with E-state index in [1.807, 2.05) is 91.1 Å². The minimum Gasteiger partial charge on any atom is -0.379 e. The Morgan fingerprint density at radius 1 is 0.490 bits per heavy atom. The van der Waals surface area contributed by atoms with Crippen LogP contribution in [0.4, 0.5) is 0 Å². The number of nitrogens with one attached hydrogen (secondary N) is 1. The van der Waals surface area contributed by atoms with E-state index >= 15 is 0 Å². The van der Waals surface area contributed by atoms with Gasteiger partial charge in [-0.05, 0) is 47.7 Å². The molecule has 0 aliphatic carbocycles. The highest BCUT2D eigenvalue weighted by Gasteiger charge is 2.24. The maximum absolute atomic E-state index is 5.01. The van der Waals surface area contributed by atoms with Crippen LogP contribution in [0.3, 0.4) is 0 Å².